The molecule has 1 aromatic carbocycles. The standard InChI is InChI=1S/C15H23ClSeSi/c1-5-6-7-8-15(18(2,3)4)17-14-11-9-13(16)10-12-14/h8-12H,5-7H2,1-4H3/b15-8-. The fourth-order valence-electron chi connectivity index (χ4n) is 1.57. The van der Waals surface area contributed by atoms with Crippen molar-refractivity contribution >= 4 is 39.1 Å². The van der Waals surface area contributed by atoms with E-state index in [1.54, 1.807) is 4.09 Å². The summed E-state index contributed by atoms with van der Waals surface area (Å²) in [6.45, 7) is 9.60. The molecule has 0 unspecified atom stereocenters. The zero-order valence-corrected chi connectivity index (χ0v) is 15.3. The molecule has 0 radical (unpaired) electrons. The molecule has 0 bridgehead atoms. The molecule has 0 aromatic heterocycles. The molecule has 0 amide bonds. The maximum atomic E-state index is 5.94. The molecule has 0 N–H and O–H groups in total. The van der Waals surface area contributed by atoms with Gasteiger partial charge >= 0.3 is 124 Å². The van der Waals surface area contributed by atoms with Crippen molar-refractivity contribution in [2.75, 3.05) is 0 Å². The molecular formula is C15H23ClSeSi. The molecule has 1 aromatic rings. The average Bonchev–Trinajstić information content (AvgIpc) is 2.29. The molecule has 0 aliphatic carbocycles. The first-order valence-corrected chi connectivity index (χ1v) is 12.2. The van der Waals surface area contributed by atoms with E-state index in [9.17, 15) is 0 Å². The predicted molar refractivity (Wildman–Crippen MR) is 87.8 cm³/mol. The fourth-order valence-corrected chi connectivity index (χ4v) is 6.82. The third-order valence-corrected chi connectivity index (χ3v) is 10.9. The van der Waals surface area contributed by atoms with Crippen LogP contribution in [0.1, 0.15) is 26.2 Å². The summed E-state index contributed by atoms with van der Waals surface area (Å²) in [5.41, 5.74) is 0. The Labute approximate surface area is 124 Å². The van der Waals surface area contributed by atoms with Gasteiger partial charge in [-0.1, -0.05) is 0 Å². The van der Waals surface area contributed by atoms with Crippen molar-refractivity contribution in [3.8, 4) is 0 Å². The predicted octanol–water partition coefficient (Wildman–Crippen LogP) is 4.62. The van der Waals surface area contributed by atoms with Crippen molar-refractivity contribution in [3.63, 3.8) is 0 Å². The molecule has 0 nitrogen and oxygen atoms in total. The third-order valence-electron chi connectivity index (χ3n) is 2.67. The van der Waals surface area contributed by atoms with Crippen LogP contribution in [-0.2, 0) is 0 Å². The molecule has 0 aliphatic rings. The molecule has 18 heavy (non-hydrogen) atoms. The Morgan fingerprint density at radius 2 is 1.83 bits per heavy atom. The van der Waals surface area contributed by atoms with Crippen molar-refractivity contribution in [1.29, 1.82) is 0 Å². The van der Waals surface area contributed by atoms with E-state index in [1.165, 1.54) is 23.7 Å². The second kappa shape index (κ2) is 7.55. The Hall–Kier alpha value is -0.0136. The number of hydrogen-bond donors (Lipinski definition) is 0. The van der Waals surface area contributed by atoms with Gasteiger partial charge in [-0.05, 0) is 0 Å². The normalized spacial score (nSPS) is 12.8. The summed E-state index contributed by atoms with van der Waals surface area (Å²) in [6, 6.07) is 8.37. The molecule has 0 fully saturated rings. The Balaban J connectivity index is 2.78. The number of benzene rings is 1. The first-order valence-electron chi connectivity index (χ1n) is 6.57. The van der Waals surface area contributed by atoms with Gasteiger partial charge in [-0.2, -0.15) is 0 Å². The van der Waals surface area contributed by atoms with Gasteiger partial charge in [-0.15, -0.1) is 0 Å². The topological polar surface area (TPSA) is 0 Å². The molecule has 0 saturated heterocycles. The number of rotatable bonds is 6. The van der Waals surface area contributed by atoms with Crippen LogP contribution in [0, 0.1) is 0 Å². The first-order chi connectivity index (χ1) is 8.43. The van der Waals surface area contributed by atoms with Crippen molar-refractivity contribution in [2.45, 2.75) is 45.8 Å². The maximum absolute atomic E-state index is 5.94. The Morgan fingerprint density at radius 3 is 2.33 bits per heavy atom. The van der Waals surface area contributed by atoms with Crippen molar-refractivity contribution in [1.82, 2.24) is 0 Å². The Bertz CT molecular complexity index is 390. The van der Waals surface area contributed by atoms with E-state index < -0.39 is 8.07 Å². The molecule has 3 heteroatoms. The van der Waals surface area contributed by atoms with Crippen LogP contribution in [0.3, 0.4) is 0 Å². The fraction of sp³-hybridized carbons (Fsp3) is 0.467. The second-order valence-electron chi connectivity index (χ2n) is 5.52. The summed E-state index contributed by atoms with van der Waals surface area (Å²) in [7, 11) is -1.18. The molecule has 0 saturated carbocycles. The monoisotopic (exact) mass is 346 g/mol. The average molecular weight is 346 g/mol. The minimum atomic E-state index is -1.18. The molecule has 0 atom stereocenters. The Kier molecular flexibility index (Phi) is 6.72. The quantitative estimate of drug-likeness (QED) is 0.521. The molecule has 0 heterocycles. The van der Waals surface area contributed by atoms with Gasteiger partial charge in [0, 0.05) is 0 Å². The van der Waals surface area contributed by atoms with Crippen LogP contribution in [0.4, 0.5) is 0 Å². The van der Waals surface area contributed by atoms with E-state index in [2.05, 4.69) is 44.8 Å². The zero-order chi connectivity index (χ0) is 13.6. The van der Waals surface area contributed by atoms with Crippen molar-refractivity contribution in [2.24, 2.45) is 0 Å². The summed E-state index contributed by atoms with van der Waals surface area (Å²) in [5.74, 6) is 0. The van der Waals surface area contributed by atoms with Gasteiger partial charge in [0.1, 0.15) is 0 Å². The molecule has 100 valence electrons. The van der Waals surface area contributed by atoms with Gasteiger partial charge < -0.3 is 0 Å². The van der Waals surface area contributed by atoms with E-state index in [1.807, 2.05) is 12.1 Å². The van der Waals surface area contributed by atoms with Gasteiger partial charge in [0.15, 0.2) is 0 Å². The van der Waals surface area contributed by atoms with Gasteiger partial charge in [-0.3, -0.25) is 0 Å². The SMILES string of the molecule is CCCC/C=C(/[Se]c1ccc(Cl)cc1)[Si](C)(C)C. The number of hydrogen-bond acceptors (Lipinski definition) is 0. The summed E-state index contributed by atoms with van der Waals surface area (Å²) in [6.07, 6.45) is 6.35. The van der Waals surface area contributed by atoms with Gasteiger partial charge in [0.2, 0.25) is 0 Å². The van der Waals surface area contributed by atoms with Crippen LogP contribution >= 0.6 is 11.6 Å². The number of allylic oxidation sites excluding steroid dienone is 1. The van der Waals surface area contributed by atoms with Gasteiger partial charge in [0.05, 0.1) is 0 Å². The second-order valence-corrected chi connectivity index (χ2v) is 14.1. The van der Waals surface area contributed by atoms with Crippen LogP contribution in [-0.4, -0.2) is 23.0 Å². The molecule has 0 aliphatic heterocycles. The number of halogens is 1. The summed E-state index contributed by atoms with van der Waals surface area (Å²) in [5, 5.41) is 0.832. The van der Waals surface area contributed by atoms with Crippen LogP contribution in [0.2, 0.25) is 24.7 Å². The summed E-state index contributed by atoms with van der Waals surface area (Å²) >= 11 is 6.42. The molecule has 0 spiro atoms. The summed E-state index contributed by atoms with van der Waals surface area (Å²) < 4.78 is 3.17. The third kappa shape index (κ3) is 5.75. The molecular weight excluding hydrogens is 323 g/mol. The van der Waals surface area contributed by atoms with E-state index >= 15 is 0 Å². The van der Waals surface area contributed by atoms with Crippen LogP contribution in [0.25, 0.3) is 0 Å². The van der Waals surface area contributed by atoms with E-state index in [4.69, 9.17) is 11.6 Å². The zero-order valence-electron chi connectivity index (χ0n) is 11.8. The Morgan fingerprint density at radius 1 is 1.22 bits per heavy atom. The minimum absolute atomic E-state index is 0.475. The van der Waals surface area contributed by atoms with Crippen LogP contribution in [0.15, 0.2) is 34.4 Å². The van der Waals surface area contributed by atoms with Crippen LogP contribution in [0.5, 0.6) is 0 Å². The first kappa shape index (κ1) is 16.0. The summed E-state index contributed by atoms with van der Waals surface area (Å²) in [4.78, 5) is 0. The van der Waals surface area contributed by atoms with E-state index in [0.717, 1.165) is 5.02 Å². The molecule has 1 rings (SSSR count). The van der Waals surface area contributed by atoms with E-state index in [0.29, 0.717) is 15.0 Å². The van der Waals surface area contributed by atoms with E-state index in [-0.39, 0.29) is 0 Å². The van der Waals surface area contributed by atoms with Crippen molar-refractivity contribution in [3.05, 3.63) is 39.5 Å². The van der Waals surface area contributed by atoms with Crippen LogP contribution < -0.4 is 4.46 Å². The van der Waals surface area contributed by atoms with Gasteiger partial charge in [-0.25, -0.2) is 0 Å². The van der Waals surface area contributed by atoms with Gasteiger partial charge in [0.25, 0.3) is 0 Å². The van der Waals surface area contributed by atoms with Crippen molar-refractivity contribution < 1.29 is 0 Å². The number of unbranched alkanes of at least 4 members (excludes halogenated alkanes) is 2.